The Morgan fingerprint density at radius 3 is 3.13 bits per heavy atom. The summed E-state index contributed by atoms with van der Waals surface area (Å²) < 4.78 is 0. The first-order valence-corrected chi connectivity index (χ1v) is 5.73. The van der Waals surface area contributed by atoms with Crippen molar-refractivity contribution in [1.29, 1.82) is 0 Å². The number of aromatic nitrogens is 1. The Kier molecular flexibility index (Phi) is 2.88. The third kappa shape index (κ3) is 2.27. The molecule has 1 saturated heterocycles. The monoisotopic (exact) mass is 227 g/mol. The first kappa shape index (κ1) is 10.4. The van der Waals surface area contributed by atoms with Crippen LogP contribution in [0.15, 0.2) is 5.38 Å². The summed E-state index contributed by atoms with van der Waals surface area (Å²) in [5.74, 6) is -0.137. The zero-order valence-electron chi connectivity index (χ0n) is 8.22. The number of hydrogen-bond acceptors (Lipinski definition) is 5. The van der Waals surface area contributed by atoms with Crippen molar-refractivity contribution < 1.29 is 9.90 Å². The Labute approximate surface area is 91.5 Å². The number of likely N-dealkylation sites (tertiary alicyclic amines) is 1. The minimum absolute atomic E-state index is 0.137. The molecule has 1 amide bonds. The zero-order valence-corrected chi connectivity index (χ0v) is 9.04. The summed E-state index contributed by atoms with van der Waals surface area (Å²) in [5, 5.41) is 11.5. The maximum Gasteiger partial charge on any atom is 0.273 e. The summed E-state index contributed by atoms with van der Waals surface area (Å²) in [4.78, 5) is 17.4. The predicted molar refractivity (Wildman–Crippen MR) is 57.7 cm³/mol. The number of anilines is 1. The number of rotatable bonds is 1. The highest BCUT2D eigenvalue weighted by Crippen LogP contribution is 2.16. The standard InChI is InChI=1S/C9H13N3O2S/c10-9-11-7(5-15-9)8(14)12-3-1-2-6(13)4-12/h5-6,13H,1-4H2,(H2,10,11). The van der Waals surface area contributed by atoms with Gasteiger partial charge in [0.15, 0.2) is 5.13 Å². The van der Waals surface area contributed by atoms with E-state index in [-0.39, 0.29) is 5.91 Å². The second-order valence-electron chi connectivity index (χ2n) is 3.62. The second kappa shape index (κ2) is 4.16. The van der Waals surface area contributed by atoms with Gasteiger partial charge in [-0.2, -0.15) is 0 Å². The molecule has 1 aliphatic rings. The van der Waals surface area contributed by atoms with E-state index in [0.29, 0.717) is 23.9 Å². The van der Waals surface area contributed by atoms with Crippen LogP contribution in [0.25, 0.3) is 0 Å². The van der Waals surface area contributed by atoms with Crippen LogP contribution in [0.1, 0.15) is 23.3 Å². The first-order chi connectivity index (χ1) is 7.16. The van der Waals surface area contributed by atoms with E-state index in [2.05, 4.69) is 4.98 Å². The zero-order chi connectivity index (χ0) is 10.8. The van der Waals surface area contributed by atoms with E-state index in [1.165, 1.54) is 11.3 Å². The van der Waals surface area contributed by atoms with E-state index in [4.69, 9.17) is 5.73 Å². The molecule has 1 aromatic rings. The molecule has 6 heteroatoms. The molecule has 0 saturated carbocycles. The third-order valence-electron chi connectivity index (χ3n) is 2.42. The summed E-state index contributed by atoms with van der Waals surface area (Å²) >= 11 is 1.25. The number of thiazole rings is 1. The number of aliphatic hydroxyl groups is 1. The number of nitrogen functional groups attached to an aromatic ring is 1. The highest BCUT2D eigenvalue weighted by atomic mass is 32.1. The molecule has 0 aliphatic carbocycles. The van der Waals surface area contributed by atoms with Gasteiger partial charge in [0.1, 0.15) is 5.69 Å². The van der Waals surface area contributed by atoms with Crippen LogP contribution in [0.2, 0.25) is 0 Å². The molecule has 0 radical (unpaired) electrons. The van der Waals surface area contributed by atoms with Gasteiger partial charge in [-0.1, -0.05) is 0 Å². The van der Waals surface area contributed by atoms with Crippen LogP contribution in [-0.4, -0.2) is 40.1 Å². The number of β-amino-alcohol motifs (C(OH)–C–C–N with tert-alkyl or cyclic N) is 1. The Balaban J connectivity index is 2.07. The Hall–Kier alpha value is -1.14. The third-order valence-corrected chi connectivity index (χ3v) is 3.10. The maximum atomic E-state index is 11.9. The Morgan fingerprint density at radius 1 is 1.73 bits per heavy atom. The molecule has 1 aliphatic heterocycles. The molecule has 5 nitrogen and oxygen atoms in total. The van der Waals surface area contributed by atoms with Crippen LogP contribution in [-0.2, 0) is 0 Å². The van der Waals surface area contributed by atoms with Gasteiger partial charge in [0, 0.05) is 18.5 Å². The number of carbonyl (C=O) groups is 1. The number of carbonyl (C=O) groups excluding carboxylic acids is 1. The fraction of sp³-hybridized carbons (Fsp3) is 0.556. The van der Waals surface area contributed by atoms with E-state index >= 15 is 0 Å². The van der Waals surface area contributed by atoms with Crippen molar-refractivity contribution in [3.8, 4) is 0 Å². The van der Waals surface area contributed by atoms with Crippen LogP contribution in [0, 0.1) is 0 Å². The minimum Gasteiger partial charge on any atom is -0.391 e. The van der Waals surface area contributed by atoms with Crippen molar-refractivity contribution in [2.45, 2.75) is 18.9 Å². The number of nitrogens with zero attached hydrogens (tertiary/aromatic N) is 2. The van der Waals surface area contributed by atoms with Crippen LogP contribution >= 0.6 is 11.3 Å². The molecule has 1 aromatic heterocycles. The van der Waals surface area contributed by atoms with Gasteiger partial charge >= 0.3 is 0 Å². The molecule has 0 spiro atoms. The first-order valence-electron chi connectivity index (χ1n) is 4.85. The molecule has 1 unspecified atom stereocenters. The fourth-order valence-corrected chi connectivity index (χ4v) is 2.22. The smallest absolute Gasteiger partial charge is 0.273 e. The van der Waals surface area contributed by atoms with Crippen LogP contribution in [0.3, 0.4) is 0 Å². The molecule has 1 fully saturated rings. The van der Waals surface area contributed by atoms with Crippen molar-refractivity contribution in [2.75, 3.05) is 18.8 Å². The van der Waals surface area contributed by atoms with Crippen molar-refractivity contribution in [3.63, 3.8) is 0 Å². The summed E-state index contributed by atoms with van der Waals surface area (Å²) in [6.07, 6.45) is 1.20. The van der Waals surface area contributed by atoms with Gasteiger partial charge in [-0.25, -0.2) is 4.98 Å². The molecule has 1 atom stereocenters. The molecule has 3 N–H and O–H groups in total. The fourth-order valence-electron chi connectivity index (χ4n) is 1.69. The maximum absolute atomic E-state index is 11.9. The summed E-state index contributed by atoms with van der Waals surface area (Å²) in [6.45, 7) is 1.09. The van der Waals surface area contributed by atoms with E-state index in [1.54, 1.807) is 10.3 Å². The van der Waals surface area contributed by atoms with Gasteiger partial charge in [0.05, 0.1) is 6.10 Å². The lowest BCUT2D eigenvalue weighted by Gasteiger charge is -2.29. The van der Waals surface area contributed by atoms with E-state index in [9.17, 15) is 9.90 Å². The quantitative estimate of drug-likeness (QED) is 0.724. The van der Waals surface area contributed by atoms with Crippen molar-refractivity contribution in [3.05, 3.63) is 11.1 Å². The molecule has 0 bridgehead atoms. The minimum atomic E-state index is -0.404. The lowest BCUT2D eigenvalue weighted by atomic mass is 10.1. The molecule has 2 rings (SSSR count). The lowest BCUT2D eigenvalue weighted by Crippen LogP contribution is -2.42. The van der Waals surface area contributed by atoms with Crippen molar-refractivity contribution in [2.24, 2.45) is 0 Å². The van der Waals surface area contributed by atoms with Gasteiger partial charge in [-0.15, -0.1) is 11.3 Å². The topological polar surface area (TPSA) is 79.5 Å². The largest absolute Gasteiger partial charge is 0.391 e. The molecule has 15 heavy (non-hydrogen) atoms. The molecule has 0 aromatic carbocycles. The second-order valence-corrected chi connectivity index (χ2v) is 4.51. The van der Waals surface area contributed by atoms with Crippen LogP contribution in [0.4, 0.5) is 5.13 Å². The van der Waals surface area contributed by atoms with Crippen LogP contribution < -0.4 is 5.73 Å². The van der Waals surface area contributed by atoms with E-state index in [1.807, 2.05) is 0 Å². The highest BCUT2D eigenvalue weighted by Gasteiger charge is 2.24. The highest BCUT2D eigenvalue weighted by molar-refractivity contribution is 7.13. The molecular weight excluding hydrogens is 214 g/mol. The SMILES string of the molecule is Nc1nc(C(=O)N2CCCC(O)C2)cs1. The van der Waals surface area contributed by atoms with Crippen molar-refractivity contribution >= 4 is 22.4 Å². The van der Waals surface area contributed by atoms with Gasteiger partial charge in [0.25, 0.3) is 5.91 Å². The Bertz CT molecular complexity index is 366. The number of hydrogen-bond donors (Lipinski definition) is 2. The van der Waals surface area contributed by atoms with E-state index in [0.717, 1.165) is 12.8 Å². The van der Waals surface area contributed by atoms with E-state index < -0.39 is 6.10 Å². The summed E-state index contributed by atoms with van der Waals surface area (Å²) in [5.41, 5.74) is 5.84. The molecule has 82 valence electrons. The molecular formula is C9H13N3O2S. The number of aliphatic hydroxyl groups excluding tert-OH is 1. The average molecular weight is 227 g/mol. The number of amides is 1. The average Bonchev–Trinajstić information content (AvgIpc) is 2.64. The summed E-state index contributed by atoms with van der Waals surface area (Å²) in [6, 6.07) is 0. The molecule has 2 heterocycles. The van der Waals surface area contributed by atoms with Crippen molar-refractivity contribution in [1.82, 2.24) is 9.88 Å². The summed E-state index contributed by atoms with van der Waals surface area (Å²) in [7, 11) is 0. The number of nitrogens with two attached hydrogens (primary N) is 1. The van der Waals surface area contributed by atoms with Crippen LogP contribution in [0.5, 0.6) is 0 Å². The number of piperidine rings is 1. The lowest BCUT2D eigenvalue weighted by molar-refractivity contribution is 0.0469. The van der Waals surface area contributed by atoms with Gasteiger partial charge < -0.3 is 15.7 Å². The predicted octanol–water partition coefficient (Wildman–Crippen LogP) is 0.322. The van der Waals surface area contributed by atoms with Gasteiger partial charge in [0.2, 0.25) is 0 Å². The van der Waals surface area contributed by atoms with Gasteiger partial charge in [-0.05, 0) is 12.8 Å². The normalized spacial score (nSPS) is 21.7. The van der Waals surface area contributed by atoms with Gasteiger partial charge in [-0.3, -0.25) is 4.79 Å². The Morgan fingerprint density at radius 2 is 2.53 bits per heavy atom.